The summed E-state index contributed by atoms with van der Waals surface area (Å²) in [7, 11) is 0. The second kappa shape index (κ2) is 6.52. The zero-order valence-corrected chi connectivity index (χ0v) is 11.6. The Kier molecular flexibility index (Phi) is 4.73. The van der Waals surface area contributed by atoms with Gasteiger partial charge in [-0.2, -0.15) is 0 Å². The molecule has 0 aliphatic rings. The van der Waals surface area contributed by atoms with Crippen molar-refractivity contribution in [1.29, 1.82) is 0 Å². The zero-order valence-electron chi connectivity index (χ0n) is 10.8. The highest BCUT2D eigenvalue weighted by molar-refractivity contribution is 7.12. The van der Waals surface area contributed by atoms with Crippen LogP contribution in [0.3, 0.4) is 0 Å². The second-order valence-electron chi connectivity index (χ2n) is 4.05. The number of nitrogens with one attached hydrogen (secondary N) is 1. The molecule has 0 spiro atoms. The van der Waals surface area contributed by atoms with Crippen molar-refractivity contribution in [3.8, 4) is 5.75 Å². The van der Waals surface area contributed by atoms with Crippen molar-refractivity contribution >= 4 is 11.3 Å². The van der Waals surface area contributed by atoms with Crippen molar-refractivity contribution in [3.63, 3.8) is 0 Å². The van der Waals surface area contributed by atoms with E-state index in [2.05, 4.69) is 30.2 Å². The topological polar surface area (TPSA) is 34.1 Å². The van der Waals surface area contributed by atoms with Crippen LogP contribution in [0, 0.1) is 6.92 Å². The molecule has 2 rings (SSSR count). The Morgan fingerprint density at radius 3 is 3.06 bits per heavy atom. The van der Waals surface area contributed by atoms with Crippen LogP contribution >= 0.6 is 11.3 Å². The first-order chi connectivity index (χ1) is 8.79. The number of thiophene rings is 1. The number of hydrogen-bond donors (Lipinski definition) is 1. The normalized spacial score (nSPS) is 10.6. The van der Waals surface area contributed by atoms with E-state index in [0.717, 1.165) is 18.8 Å². The average molecular weight is 262 g/mol. The quantitative estimate of drug-likeness (QED) is 0.868. The van der Waals surface area contributed by atoms with E-state index < -0.39 is 0 Å². The van der Waals surface area contributed by atoms with Gasteiger partial charge in [-0.05, 0) is 31.7 Å². The number of hydrogen-bond acceptors (Lipinski definition) is 4. The van der Waals surface area contributed by atoms with Crippen LogP contribution in [-0.2, 0) is 13.2 Å². The van der Waals surface area contributed by atoms with Crippen LogP contribution in [0.1, 0.15) is 22.2 Å². The fourth-order valence-corrected chi connectivity index (χ4v) is 2.68. The minimum Gasteiger partial charge on any atom is -0.487 e. The molecule has 2 heterocycles. The summed E-state index contributed by atoms with van der Waals surface area (Å²) in [5, 5.41) is 3.34. The Labute approximate surface area is 112 Å². The summed E-state index contributed by atoms with van der Waals surface area (Å²) in [6.45, 7) is 6.81. The van der Waals surface area contributed by atoms with Crippen LogP contribution in [0.15, 0.2) is 30.6 Å². The predicted molar refractivity (Wildman–Crippen MR) is 75.0 cm³/mol. The highest BCUT2D eigenvalue weighted by Crippen LogP contribution is 2.23. The van der Waals surface area contributed by atoms with E-state index in [-0.39, 0.29) is 0 Å². The van der Waals surface area contributed by atoms with Crippen LogP contribution in [-0.4, -0.2) is 11.5 Å². The molecule has 0 aromatic carbocycles. The van der Waals surface area contributed by atoms with Gasteiger partial charge in [0, 0.05) is 28.1 Å². The number of aromatic nitrogens is 1. The molecule has 0 fully saturated rings. The molecule has 18 heavy (non-hydrogen) atoms. The molecule has 0 bridgehead atoms. The van der Waals surface area contributed by atoms with Crippen molar-refractivity contribution in [1.82, 2.24) is 10.3 Å². The first-order valence-corrected chi connectivity index (χ1v) is 6.93. The Bertz CT molecular complexity index is 482. The lowest BCUT2D eigenvalue weighted by molar-refractivity contribution is 0.304. The number of nitrogens with zero attached hydrogens (tertiary/aromatic N) is 1. The van der Waals surface area contributed by atoms with Gasteiger partial charge >= 0.3 is 0 Å². The molecule has 96 valence electrons. The fourth-order valence-electron chi connectivity index (χ4n) is 1.66. The predicted octanol–water partition coefficient (Wildman–Crippen LogP) is 3.14. The monoisotopic (exact) mass is 262 g/mol. The summed E-state index contributed by atoms with van der Waals surface area (Å²) in [5.74, 6) is 0.816. The van der Waals surface area contributed by atoms with Crippen LogP contribution in [0.2, 0.25) is 0 Å². The maximum absolute atomic E-state index is 5.71. The van der Waals surface area contributed by atoms with Crippen molar-refractivity contribution in [2.45, 2.75) is 27.0 Å². The standard InChI is InChI=1S/C14H18N2OS/c1-3-15-9-14-7-12(11(2)18-14)10-17-13-5-4-6-16-8-13/h4-8,15H,3,9-10H2,1-2H3. The third-order valence-corrected chi connectivity index (χ3v) is 3.74. The summed E-state index contributed by atoms with van der Waals surface area (Å²) in [6.07, 6.45) is 3.48. The molecule has 2 aromatic rings. The summed E-state index contributed by atoms with van der Waals surface area (Å²) < 4.78 is 5.71. The van der Waals surface area contributed by atoms with E-state index >= 15 is 0 Å². The van der Waals surface area contributed by atoms with E-state index in [9.17, 15) is 0 Å². The summed E-state index contributed by atoms with van der Waals surface area (Å²) in [6, 6.07) is 6.03. The lowest BCUT2D eigenvalue weighted by atomic mass is 10.2. The van der Waals surface area contributed by atoms with Crippen LogP contribution in [0.5, 0.6) is 5.75 Å². The Hall–Kier alpha value is -1.39. The minimum absolute atomic E-state index is 0.611. The molecule has 0 radical (unpaired) electrons. The molecule has 0 atom stereocenters. The van der Waals surface area contributed by atoms with Crippen molar-refractivity contribution in [3.05, 3.63) is 45.9 Å². The fraction of sp³-hybridized carbons (Fsp3) is 0.357. The van der Waals surface area contributed by atoms with Gasteiger partial charge in [-0.25, -0.2) is 0 Å². The summed E-state index contributed by atoms with van der Waals surface area (Å²) >= 11 is 1.83. The zero-order chi connectivity index (χ0) is 12.8. The van der Waals surface area contributed by atoms with Gasteiger partial charge < -0.3 is 10.1 Å². The number of rotatable bonds is 6. The molecule has 0 aliphatic heterocycles. The smallest absolute Gasteiger partial charge is 0.138 e. The molecule has 2 aromatic heterocycles. The number of aryl methyl sites for hydroxylation is 1. The minimum atomic E-state index is 0.611. The Morgan fingerprint density at radius 2 is 2.33 bits per heavy atom. The van der Waals surface area contributed by atoms with E-state index in [0.29, 0.717) is 6.61 Å². The Morgan fingerprint density at radius 1 is 1.44 bits per heavy atom. The molecular formula is C14H18N2OS. The number of pyridine rings is 1. The van der Waals surface area contributed by atoms with Gasteiger partial charge in [-0.1, -0.05) is 6.92 Å². The molecule has 0 saturated heterocycles. The van der Waals surface area contributed by atoms with Crippen LogP contribution in [0.4, 0.5) is 0 Å². The molecule has 3 nitrogen and oxygen atoms in total. The first-order valence-electron chi connectivity index (χ1n) is 6.11. The molecule has 0 aliphatic carbocycles. The van der Waals surface area contributed by atoms with Gasteiger partial charge in [0.15, 0.2) is 0 Å². The second-order valence-corrected chi connectivity index (χ2v) is 5.39. The lowest BCUT2D eigenvalue weighted by Gasteiger charge is -2.04. The van der Waals surface area contributed by atoms with E-state index in [4.69, 9.17) is 4.74 Å². The maximum Gasteiger partial charge on any atom is 0.138 e. The highest BCUT2D eigenvalue weighted by Gasteiger charge is 2.06. The third-order valence-electron chi connectivity index (χ3n) is 2.65. The summed E-state index contributed by atoms with van der Waals surface area (Å²) in [4.78, 5) is 6.72. The van der Waals surface area contributed by atoms with Gasteiger partial charge in [-0.3, -0.25) is 4.98 Å². The van der Waals surface area contributed by atoms with Crippen LogP contribution < -0.4 is 10.1 Å². The van der Waals surface area contributed by atoms with Gasteiger partial charge in [0.2, 0.25) is 0 Å². The molecule has 0 unspecified atom stereocenters. The molecule has 1 N–H and O–H groups in total. The largest absolute Gasteiger partial charge is 0.487 e. The van der Waals surface area contributed by atoms with Crippen molar-refractivity contribution in [2.24, 2.45) is 0 Å². The van der Waals surface area contributed by atoms with Crippen LogP contribution in [0.25, 0.3) is 0 Å². The average Bonchev–Trinajstić information content (AvgIpc) is 2.76. The van der Waals surface area contributed by atoms with E-state index in [1.807, 2.05) is 23.5 Å². The van der Waals surface area contributed by atoms with E-state index in [1.165, 1.54) is 15.3 Å². The SMILES string of the molecule is CCNCc1cc(COc2cccnc2)c(C)s1. The van der Waals surface area contributed by atoms with Gasteiger partial charge in [-0.15, -0.1) is 11.3 Å². The third kappa shape index (κ3) is 3.55. The molecule has 4 heteroatoms. The Balaban J connectivity index is 1.95. The van der Waals surface area contributed by atoms with Crippen molar-refractivity contribution in [2.75, 3.05) is 6.54 Å². The van der Waals surface area contributed by atoms with Gasteiger partial charge in [0.1, 0.15) is 12.4 Å². The van der Waals surface area contributed by atoms with Gasteiger partial charge in [0.05, 0.1) is 6.20 Å². The first kappa shape index (κ1) is 13.1. The lowest BCUT2D eigenvalue weighted by Crippen LogP contribution is -2.10. The van der Waals surface area contributed by atoms with E-state index in [1.54, 1.807) is 12.4 Å². The summed E-state index contributed by atoms with van der Waals surface area (Å²) in [5.41, 5.74) is 1.26. The molecular weight excluding hydrogens is 244 g/mol. The number of ether oxygens (including phenoxy) is 1. The highest BCUT2D eigenvalue weighted by atomic mass is 32.1. The van der Waals surface area contributed by atoms with Crippen molar-refractivity contribution < 1.29 is 4.74 Å². The maximum atomic E-state index is 5.71. The molecule has 0 amide bonds. The van der Waals surface area contributed by atoms with Gasteiger partial charge in [0.25, 0.3) is 0 Å². The molecule has 0 saturated carbocycles.